The van der Waals surface area contributed by atoms with Crippen LogP contribution >= 0.6 is 0 Å². The van der Waals surface area contributed by atoms with Crippen molar-refractivity contribution in [1.29, 1.82) is 0 Å². The Labute approximate surface area is 143 Å². The highest BCUT2D eigenvalue weighted by Gasteiger charge is 2.37. The number of furan rings is 1. The molecule has 25 heavy (non-hydrogen) atoms. The minimum Gasteiger partial charge on any atom is -0.461 e. The number of ketones is 1. The third-order valence-electron chi connectivity index (χ3n) is 4.21. The molecular weight excluding hydrogens is 322 g/mol. The first-order chi connectivity index (χ1) is 12.2. The second kappa shape index (κ2) is 6.35. The van der Waals surface area contributed by atoms with E-state index in [2.05, 4.69) is 10.1 Å². The van der Waals surface area contributed by atoms with Crippen molar-refractivity contribution in [2.45, 2.75) is 18.9 Å². The van der Waals surface area contributed by atoms with Crippen molar-refractivity contribution in [3.05, 3.63) is 60.4 Å². The number of likely N-dealkylation sites (tertiary alicyclic amines) is 1. The van der Waals surface area contributed by atoms with Gasteiger partial charge in [0.25, 0.3) is 11.7 Å². The van der Waals surface area contributed by atoms with Crippen LogP contribution in [0.5, 0.6) is 0 Å². The molecule has 3 heterocycles. The summed E-state index contributed by atoms with van der Waals surface area (Å²) < 4.78 is 10.4. The zero-order chi connectivity index (χ0) is 17.2. The van der Waals surface area contributed by atoms with Crippen LogP contribution in [0.4, 0.5) is 0 Å². The van der Waals surface area contributed by atoms with Crippen LogP contribution in [-0.4, -0.2) is 33.3 Å². The molecule has 2 aromatic heterocycles. The highest BCUT2D eigenvalue weighted by atomic mass is 16.5. The van der Waals surface area contributed by atoms with Crippen molar-refractivity contribution in [2.75, 3.05) is 6.54 Å². The molecule has 0 aliphatic carbocycles. The Kier molecular flexibility index (Phi) is 3.89. The lowest BCUT2D eigenvalue weighted by atomic mass is 10.2. The smallest absolute Gasteiger partial charge is 0.299 e. The number of rotatable bonds is 4. The van der Waals surface area contributed by atoms with Gasteiger partial charge in [-0.3, -0.25) is 9.59 Å². The van der Waals surface area contributed by atoms with Gasteiger partial charge in [0.05, 0.1) is 6.26 Å². The minimum atomic E-state index is -0.667. The summed E-state index contributed by atoms with van der Waals surface area (Å²) in [5.74, 6) is -0.438. The molecule has 1 fully saturated rings. The molecule has 0 radical (unpaired) electrons. The molecule has 7 heteroatoms. The fourth-order valence-corrected chi connectivity index (χ4v) is 2.99. The van der Waals surface area contributed by atoms with E-state index in [1.54, 1.807) is 6.07 Å². The molecule has 1 saturated heterocycles. The summed E-state index contributed by atoms with van der Waals surface area (Å²) in [6.07, 6.45) is 2.81. The number of carbonyl (C=O) groups excluding carboxylic acids is 2. The molecule has 0 spiro atoms. The quantitative estimate of drug-likeness (QED) is 0.537. The molecule has 1 aliphatic heterocycles. The Balaban J connectivity index is 1.57. The number of carbonyl (C=O) groups is 2. The Hall–Kier alpha value is -3.22. The Morgan fingerprint density at radius 3 is 2.72 bits per heavy atom. The number of hydrogen-bond acceptors (Lipinski definition) is 6. The maximum Gasteiger partial charge on any atom is 0.299 e. The van der Waals surface area contributed by atoms with Crippen molar-refractivity contribution < 1.29 is 18.5 Å². The van der Waals surface area contributed by atoms with E-state index in [-0.39, 0.29) is 5.76 Å². The third kappa shape index (κ3) is 2.84. The van der Waals surface area contributed by atoms with Crippen LogP contribution < -0.4 is 0 Å². The molecule has 1 aliphatic rings. The van der Waals surface area contributed by atoms with E-state index in [0.717, 1.165) is 12.0 Å². The average Bonchev–Trinajstić information content (AvgIpc) is 3.42. The Morgan fingerprint density at radius 1 is 1.12 bits per heavy atom. The molecule has 1 aromatic carbocycles. The topological polar surface area (TPSA) is 89.4 Å². The van der Waals surface area contributed by atoms with E-state index in [9.17, 15) is 9.59 Å². The molecule has 1 atom stereocenters. The van der Waals surface area contributed by atoms with Crippen molar-refractivity contribution in [2.24, 2.45) is 0 Å². The first-order valence-corrected chi connectivity index (χ1v) is 8.02. The molecule has 7 nitrogen and oxygen atoms in total. The standard InChI is InChI=1S/C18H15N3O4/c22-15(14-9-5-11-24-14)18(23)21-10-4-8-13(21)17-19-16(20-25-17)12-6-2-1-3-7-12/h1-3,5-7,9,11,13H,4,8,10H2/t13-/m1/s1. The maximum atomic E-state index is 12.5. The van der Waals surface area contributed by atoms with Crippen molar-refractivity contribution in [3.8, 4) is 11.4 Å². The molecule has 0 N–H and O–H groups in total. The zero-order valence-corrected chi connectivity index (χ0v) is 13.3. The highest BCUT2D eigenvalue weighted by Crippen LogP contribution is 2.32. The molecule has 3 aromatic rings. The summed E-state index contributed by atoms with van der Waals surface area (Å²) >= 11 is 0. The fraction of sp³-hybridized carbons (Fsp3) is 0.222. The van der Waals surface area contributed by atoms with Gasteiger partial charge in [0.1, 0.15) is 6.04 Å². The molecule has 0 bridgehead atoms. The van der Waals surface area contributed by atoms with Crippen LogP contribution in [0.1, 0.15) is 35.3 Å². The second-order valence-electron chi connectivity index (χ2n) is 5.79. The summed E-state index contributed by atoms with van der Waals surface area (Å²) in [7, 11) is 0. The normalized spacial score (nSPS) is 17.0. The van der Waals surface area contributed by atoms with Gasteiger partial charge in [-0.1, -0.05) is 35.5 Å². The van der Waals surface area contributed by atoms with Crippen LogP contribution in [0, 0.1) is 0 Å². The predicted molar refractivity (Wildman–Crippen MR) is 86.5 cm³/mol. The summed E-state index contributed by atoms with van der Waals surface area (Å²) in [4.78, 5) is 30.7. The van der Waals surface area contributed by atoms with Gasteiger partial charge in [-0.2, -0.15) is 4.98 Å². The van der Waals surface area contributed by atoms with E-state index in [1.807, 2.05) is 30.3 Å². The Morgan fingerprint density at radius 2 is 1.96 bits per heavy atom. The average molecular weight is 337 g/mol. The van der Waals surface area contributed by atoms with Crippen LogP contribution in [0.3, 0.4) is 0 Å². The van der Waals surface area contributed by atoms with Crippen molar-refractivity contribution in [3.63, 3.8) is 0 Å². The molecular formula is C18H15N3O4. The van der Waals surface area contributed by atoms with Gasteiger partial charge >= 0.3 is 0 Å². The van der Waals surface area contributed by atoms with Gasteiger partial charge in [0.15, 0.2) is 5.76 Å². The van der Waals surface area contributed by atoms with Gasteiger partial charge in [-0.25, -0.2) is 0 Å². The van der Waals surface area contributed by atoms with Gasteiger partial charge in [-0.15, -0.1) is 0 Å². The number of Topliss-reactive ketones (excluding diaryl/α,β-unsaturated/α-hetero) is 1. The lowest BCUT2D eigenvalue weighted by Gasteiger charge is -2.20. The van der Waals surface area contributed by atoms with Gasteiger partial charge in [0, 0.05) is 12.1 Å². The molecule has 4 rings (SSSR count). The first kappa shape index (κ1) is 15.3. The third-order valence-corrected chi connectivity index (χ3v) is 4.21. The number of hydrogen-bond donors (Lipinski definition) is 0. The molecule has 1 amide bonds. The number of benzene rings is 1. The van der Waals surface area contributed by atoms with E-state index in [4.69, 9.17) is 8.94 Å². The van der Waals surface area contributed by atoms with Crippen LogP contribution in [-0.2, 0) is 4.79 Å². The zero-order valence-electron chi connectivity index (χ0n) is 13.3. The lowest BCUT2D eigenvalue weighted by Crippen LogP contribution is -2.36. The second-order valence-corrected chi connectivity index (χ2v) is 5.79. The molecule has 126 valence electrons. The van der Waals surface area contributed by atoms with Crippen LogP contribution in [0.15, 0.2) is 57.7 Å². The van der Waals surface area contributed by atoms with E-state index < -0.39 is 17.7 Å². The minimum absolute atomic E-state index is 0.0335. The Bertz CT molecular complexity index is 886. The predicted octanol–water partition coefficient (Wildman–Crippen LogP) is 2.88. The van der Waals surface area contributed by atoms with Gasteiger partial charge in [0.2, 0.25) is 11.7 Å². The lowest BCUT2D eigenvalue weighted by molar-refractivity contribution is -0.127. The number of nitrogens with zero attached hydrogens (tertiary/aromatic N) is 3. The van der Waals surface area contributed by atoms with Crippen LogP contribution in [0.2, 0.25) is 0 Å². The van der Waals surface area contributed by atoms with Crippen molar-refractivity contribution in [1.82, 2.24) is 15.0 Å². The van der Waals surface area contributed by atoms with Crippen molar-refractivity contribution >= 4 is 11.7 Å². The fourth-order valence-electron chi connectivity index (χ4n) is 2.99. The SMILES string of the molecule is O=C(C(=O)N1CCC[C@@H]1c1nc(-c2ccccc2)no1)c1ccco1. The summed E-state index contributed by atoms with van der Waals surface area (Å²) in [5.41, 5.74) is 0.833. The highest BCUT2D eigenvalue weighted by molar-refractivity contribution is 6.42. The van der Waals surface area contributed by atoms with Gasteiger partial charge < -0.3 is 13.8 Å². The summed E-state index contributed by atoms with van der Waals surface area (Å²) in [5, 5.41) is 3.99. The largest absolute Gasteiger partial charge is 0.461 e. The summed E-state index contributed by atoms with van der Waals surface area (Å²) in [6, 6.07) is 12.1. The van der Waals surface area contributed by atoms with Gasteiger partial charge in [-0.05, 0) is 25.0 Å². The number of aromatic nitrogens is 2. The number of amides is 1. The van der Waals surface area contributed by atoms with E-state index >= 15 is 0 Å². The summed E-state index contributed by atoms with van der Waals surface area (Å²) in [6.45, 7) is 0.471. The first-order valence-electron chi connectivity index (χ1n) is 8.02. The maximum absolute atomic E-state index is 12.5. The monoisotopic (exact) mass is 337 g/mol. The van der Waals surface area contributed by atoms with Crippen LogP contribution in [0.25, 0.3) is 11.4 Å². The molecule has 0 unspecified atom stereocenters. The van der Waals surface area contributed by atoms with E-state index in [1.165, 1.54) is 17.2 Å². The van der Waals surface area contributed by atoms with E-state index in [0.29, 0.717) is 24.7 Å². The molecule has 0 saturated carbocycles.